The van der Waals surface area contributed by atoms with Crippen molar-refractivity contribution in [3.8, 4) is 22.6 Å². The van der Waals surface area contributed by atoms with Gasteiger partial charge in [-0.05, 0) is 124 Å². The van der Waals surface area contributed by atoms with Gasteiger partial charge in [-0.3, -0.25) is 0 Å². The molecule has 2 heterocycles. The number of benzene rings is 2. The van der Waals surface area contributed by atoms with Gasteiger partial charge in [0.15, 0.2) is 0 Å². The highest BCUT2D eigenvalue weighted by molar-refractivity contribution is 8.20. The number of carboxylic acid groups (broad SMARTS) is 2. The molecule has 0 amide bonds. The predicted octanol–water partition coefficient (Wildman–Crippen LogP) is 9.09. The molecule has 318 valence electrons. The highest BCUT2D eigenvalue weighted by Crippen LogP contribution is 2.37. The molecule has 2 saturated heterocycles. The van der Waals surface area contributed by atoms with Gasteiger partial charge in [-0.25, -0.2) is 19.2 Å². The summed E-state index contributed by atoms with van der Waals surface area (Å²) in [4.78, 5) is 47.8. The number of hydrogen-bond acceptors (Lipinski definition) is 14. The Kier molecular flexibility index (Phi) is 20.5. The molecule has 0 bridgehead atoms. The largest absolute Gasteiger partial charge is 0.489 e. The van der Waals surface area contributed by atoms with Crippen LogP contribution in [-0.4, -0.2) is 115 Å². The van der Waals surface area contributed by atoms with E-state index in [4.69, 9.17) is 29.2 Å². The van der Waals surface area contributed by atoms with Crippen molar-refractivity contribution in [3.63, 3.8) is 0 Å². The first-order valence-corrected chi connectivity index (χ1v) is 25.5. The van der Waals surface area contributed by atoms with E-state index in [1.165, 1.54) is 36.9 Å². The second-order valence-corrected chi connectivity index (χ2v) is 22.1. The maximum atomic E-state index is 12.7. The van der Waals surface area contributed by atoms with Crippen LogP contribution in [0.15, 0.2) is 47.6 Å². The van der Waals surface area contributed by atoms with Crippen molar-refractivity contribution in [2.24, 2.45) is 0 Å². The summed E-state index contributed by atoms with van der Waals surface area (Å²) in [5.41, 5.74) is 5.70. The number of ether oxygens (including phenoxy) is 4. The van der Waals surface area contributed by atoms with Crippen LogP contribution < -0.4 is 9.47 Å². The fraction of sp³-hybridized carbons (Fsp3) is 0.524. The molecule has 2 unspecified atom stereocenters. The van der Waals surface area contributed by atoms with E-state index in [9.17, 15) is 19.2 Å². The number of carbonyl (C=O) groups excluding carboxylic acids is 2. The molecule has 0 radical (unpaired) electrons. The Hall–Kier alpha value is -2.50. The maximum absolute atomic E-state index is 12.7. The molecule has 2 aromatic carbocycles. The van der Waals surface area contributed by atoms with Crippen LogP contribution in [0.3, 0.4) is 0 Å². The third kappa shape index (κ3) is 16.2. The molecule has 2 aromatic rings. The molecule has 4 rings (SSSR count). The summed E-state index contributed by atoms with van der Waals surface area (Å²) in [6, 6.07) is 8.25. The quantitative estimate of drug-likeness (QED) is 0.0621. The molecule has 2 aliphatic heterocycles. The van der Waals surface area contributed by atoms with Crippen LogP contribution in [0.25, 0.3) is 11.1 Å². The van der Waals surface area contributed by atoms with E-state index in [2.05, 4.69) is 24.3 Å². The molecule has 2 N–H and O–H groups in total. The van der Waals surface area contributed by atoms with E-state index < -0.39 is 36.1 Å². The van der Waals surface area contributed by atoms with Crippen molar-refractivity contribution in [1.82, 2.24) is 0 Å². The van der Waals surface area contributed by atoms with Crippen molar-refractivity contribution in [1.29, 1.82) is 0 Å². The summed E-state index contributed by atoms with van der Waals surface area (Å²) >= 11 is 11.3. The van der Waals surface area contributed by atoms with Gasteiger partial charge in [-0.2, -0.15) is 23.5 Å². The van der Waals surface area contributed by atoms with Crippen molar-refractivity contribution in [2.45, 2.75) is 75.8 Å². The summed E-state index contributed by atoms with van der Waals surface area (Å²) in [7, 11) is 0. The maximum Gasteiger partial charge on any atom is 0.334 e. The normalized spacial score (nSPS) is 16.2. The fourth-order valence-electron chi connectivity index (χ4n) is 6.19. The van der Waals surface area contributed by atoms with Crippen LogP contribution in [0.4, 0.5) is 0 Å². The van der Waals surface area contributed by atoms with Crippen molar-refractivity contribution in [2.75, 3.05) is 59.2 Å². The minimum atomic E-state index is -1.20. The Balaban J connectivity index is 1.42. The van der Waals surface area contributed by atoms with Crippen LogP contribution in [0.5, 0.6) is 11.5 Å². The molecule has 58 heavy (non-hydrogen) atoms. The molecule has 2 atom stereocenters. The summed E-state index contributed by atoms with van der Waals surface area (Å²) in [5, 5.41) is 18.2. The van der Waals surface area contributed by atoms with E-state index in [1.54, 1.807) is 23.5 Å². The Bertz CT molecular complexity index is 1630. The Morgan fingerprint density at radius 2 is 0.966 bits per heavy atom. The lowest BCUT2D eigenvalue weighted by Crippen LogP contribution is -2.28. The average molecular weight is 911 g/mol. The van der Waals surface area contributed by atoms with E-state index in [0.717, 1.165) is 69.9 Å². The van der Waals surface area contributed by atoms with Crippen LogP contribution in [-0.2, 0) is 28.7 Å². The third-order valence-corrected chi connectivity index (χ3v) is 17.5. The summed E-state index contributed by atoms with van der Waals surface area (Å²) in [6.45, 7) is 11.0. The van der Waals surface area contributed by atoms with Crippen LogP contribution in [0.1, 0.15) is 48.9 Å². The minimum absolute atomic E-state index is 0.0196. The monoisotopic (exact) mass is 910 g/mol. The first kappa shape index (κ1) is 48.2. The molecule has 2 aliphatic rings. The second kappa shape index (κ2) is 24.7. The van der Waals surface area contributed by atoms with Gasteiger partial charge < -0.3 is 29.2 Å². The smallest absolute Gasteiger partial charge is 0.334 e. The Morgan fingerprint density at radius 3 is 1.28 bits per heavy atom. The van der Waals surface area contributed by atoms with Crippen LogP contribution in [0, 0.1) is 27.7 Å². The lowest BCUT2D eigenvalue weighted by Gasteiger charge is -2.22. The number of carboxylic acids is 2. The Morgan fingerprint density at radius 1 is 0.638 bits per heavy atom. The number of rotatable bonds is 23. The van der Waals surface area contributed by atoms with Crippen molar-refractivity contribution in [3.05, 3.63) is 69.8 Å². The first-order valence-electron chi connectivity index (χ1n) is 19.0. The fourth-order valence-corrected chi connectivity index (χ4v) is 14.4. The summed E-state index contributed by atoms with van der Waals surface area (Å²) in [5.74, 6) is 5.27. The number of esters is 2. The third-order valence-electron chi connectivity index (χ3n) is 8.94. The molecular weight excluding hydrogens is 857 g/mol. The number of carbonyl (C=O) groups is 4. The Labute approximate surface area is 367 Å². The van der Waals surface area contributed by atoms with Crippen LogP contribution in [0.2, 0.25) is 0 Å². The average Bonchev–Trinajstić information content (AvgIpc) is 3.88. The number of aliphatic carboxylic acids is 2. The highest BCUT2D eigenvalue weighted by Gasteiger charge is 2.23. The van der Waals surface area contributed by atoms with Gasteiger partial charge in [0, 0.05) is 57.8 Å². The number of hydrogen-bond donors (Lipinski definition) is 2. The van der Waals surface area contributed by atoms with Crippen molar-refractivity contribution < 1.29 is 48.3 Å². The van der Waals surface area contributed by atoms with Gasteiger partial charge in [0.25, 0.3) is 0 Å². The van der Waals surface area contributed by atoms with Gasteiger partial charge >= 0.3 is 23.9 Å². The van der Waals surface area contributed by atoms with Crippen molar-refractivity contribution >= 4 is 94.4 Å². The summed E-state index contributed by atoms with van der Waals surface area (Å²) in [6.07, 6.45) is 2.69. The van der Waals surface area contributed by atoms with Gasteiger partial charge in [0.1, 0.15) is 36.9 Å². The van der Waals surface area contributed by atoms with Gasteiger partial charge in [0.2, 0.25) is 0 Å². The summed E-state index contributed by atoms with van der Waals surface area (Å²) < 4.78 is 25.3. The number of aryl methyl sites for hydroxylation is 4. The van der Waals surface area contributed by atoms with Gasteiger partial charge in [-0.15, -0.1) is 47.0 Å². The molecule has 10 nitrogen and oxygen atoms in total. The first-order chi connectivity index (χ1) is 27.7. The van der Waals surface area contributed by atoms with E-state index in [1.807, 2.05) is 74.7 Å². The van der Waals surface area contributed by atoms with E-state index in [0.29, 0.717) is 32.2 Å². The lowest BCUT2D eigenvalue weighted by atomic mass is 9.96. The molecule has 16 heteroatoms. The molecular formula is C42H54O10S6. The molecule has 0 saturated carbocycles. The zero-order valence-electron chi connectivity index (χ0n) is 33.9. The van der Waals surface area contributed by atoms with Gasteiger partial charge in [0.05, 0.1) is 9.16 Å². The minimum Gasteiger partial charge on any atom is -0.489 e. The SMILES string of the molecule is C/C(=C/C(=O)O)C(=O)OC(COc1c(C)cc(-c2cc(C)c(OCC(CSCCC3SCCS3)OC(=O)/C(C)=C\C(=O)O)c(C)c2)cc1C)CSCCC1SCCS1. The molecule has 0 aliphatic carbocycles. The molecule has 0 spiro atoms. The number of thioether (sulfide) groups is 6. The molecule has 2 fully saturated rings. The zero-order valence-corrected chi connectivity index (χ0v) is 38.8. The topological polar surface area (TPSA) is 146 Å². The van der Waals surface area contributed by atoms with Crippen LogP contribution >= 0.6 is 70.6 Å². The lowest BCUT2D eigenvalue weighted by molar-refractivity contribution is -0.145. The van der Waals surface area contributed by atoms with Gasteiger partial charge in [-0.1, -0.05) is 0 Å². The highest BCUT2D eigenvalue weighted by atomic mass is 32.2. The molecule has 0 aromatic heterocycles. The predicted molar refractivity (Wildman–Crippen MR) is 246 cm³/mol. The standard InChI is InChI=1S/C42H54O10S6/c1-25-15-31(16-26(2)39(25)49-21-33(51-41(47)29(5)19-35(43)44)23-53-9-7-37-55-11-12-56-37)32-17-27(3)40(28(4)18-32)50-22-34(52-42(48)30(6)20-36(45)46)24-54-10-8-38-57-13-14-58-38/h15-20,33-34,37-38H,7-14,21-24H2,1-6H3,(H,43,44)(H,45,46)/b29-19-,30-20-. The van der Waals surface area contributed by atoms with E-state index >= 15 is 0 Å². The zero-order chi connectivity index (χ0) is 42.2. The second-order valence-electron chi connectivity index (χ2n) is 14.0. The van der Waals surface area contributed by atoms with E-state index in [-0.39, 0.29) is 24.4 Å².